The highest BCUT2D eigenvalue weighted by atomic mass is 35.5. The highest BCUT2D eigenvalue weighted by Crippen LogP contribution is 2.32. The fraction of sp³-hybridized carbons (Fsp3) is 0.0417. The molecule has 1 aliphatic heterocycles. The molecule has 0 aliphatic carbocycles. The molecule has 3 aromatic carbocycles. The summed E-state index contributed by atoms with van der Waals surface area (Å²) >= 11 is 6.35. The third-order valence-corrected chi connectivity index (χ3v) is 5.22. The van der Waals surface area contributed by atoms with Gasteiger partial charge in [-0.3, -0.25) is 4.79 Å². The van der Waals surface area contributed by atoms with Crippen LogP contribution in [0.2, 0.25) is 5.02 Å². The lowest BCUT2D eigenvalue weighted by atomic mass is 10.0. The average molecular weight is 430 g/mol. The maximum Gasteiger partial charge on any atom is 0.272 e. The van der Waals surface area contributed by atoms with Crippen LogP contribution in [-0.2, 0) is 0 Å². The quantitative estimate of drug-likeness (QED) is 0.364. The smallest absolute Gasteiger partial charge is 0.272 e. The molecule has 0 saturated carbocycles. The van der Waals surface area contributed by atoms with Gasteiger partial charge in [-0.2, -0.15) is 5.10 Å². The van der Waals surface area contributed by atoms with E-state index in [-0.39, 0.29) is 12.7 Å². The Morgan fingerprint density at radius 3 is 2.71 bits per heavy atom. The van der Waals surface area contributed by atoms with Gasteiger partial charge in [0, 0.05) is 16.0 Å². The van der Waals surface area contributed by atoms with Crippen molar-refractivity contribution in [1.82, 2.24) is 10.4 Å². The molecule has 0 spiro atoms. The van der Waals surface area contributed by atoms with Gasteiger partial charge in [0.2, 0.25) is 6.79 Å². The molecule has 6 nitrogen and oxygen atoms in total. The van der Waals surface area contributed by atoms with Gasteiger partial charge in [-0.05, 0) is 42.0 Å². The molecule has 0 saturated heterocycles. The number of nitrogens with one attached hydrogen (secondary N) is 1. The summed E-state index contributed by atoms with van der Waals surface area (Å²) in [5, 5.41) is 5.40. The Hall–Kier alpha value is -3.90. The van der Waals surface area contributed by atoms with Gasteiger partial charge >= 0.3 is 0 Å². The standard InChI is InChI=1S/C24H16ClN3O3/c25-19-7-3-1-6-17(19)21-12-18(16-5-2-4-8-20(16)27-21)24(29)28-26-13-15-9-10-22-23(11-15)31-14-30-22/h1-13H,14H2,(H,28,29)/b26-13-. The number of carbonyl (C=O) groups excluding carboxylic acids is 1. The largest absolute Gasteiger partial charge is 0.454 e. The Morgan fingerprint density at radius 1 is 1.00 bits per heavy atom. The van der Waals surface area contributed by atoms with Crippen LogP contribution in [0.25, 0.3) is 22.2 Å². The lowest BCUT2D eigenvalue weighted by Gasteiger charge is -2.10. The zero-order valence-corrected chi connectivity index (χ0v) is 17.0. The number of hydrogen-bond acceptors (Lipinski definition) is 5. The molecule has 4 aromatic rings. The van der Waals surface area contributed by atoms with E-state index in [0.29, 0.717) is 33.3 Å². The predicted octanol–water partition coefficient (Wildman–Crippen LogP) is 5.05. The van der Waals surface area contributed by atoms with Crippen molar-refractivity contribution in [2.75, 3.05) is 6.79 Å². The Labute approximate surface area is 183 Å². The third kappa shape index (κ3) is 3.81. The first-order chi connectivity index (χ1) is 15.2. The molecule has 1 aliphatic rings. The first kappa shape index (κ1) is 19.1. The molecule has 1 N–H and O–H groups in total. The minimum Gasteiger partial charge on any atom is -0.454 e. The summed E-state index contributed by atoms with van der Waals surface area (Å²) in [4.78, 5) is 17.7. The zero-order chi connectivity index (χ0) is 21.2. The van der Waals surface area contributed by atoms with Crippen LogP contribution >= 0.6 is 11.6 Å². The van der Waals surface area contributed by atoms with Crippen LogP contribution in [0.15, 0.2) is 77.9 Å². The number of benzene rings is 3. The molecule has 152 valence electrons. The molecule has 1 amide bonds. The molecule has 2 heterocycles. The highest BCUT2D eigenvalue weighted by Gasteiger charge is 2.15. The Bertz CT molecular complexity index is 1340. The van der Waals surface area contributed by atoms with E-state index in [1.165, 1.54) is 0 Å². The van der Waals surface area contributed by atoms with E-state index in [1.54, 1.807) is 30.5 Å². The number of hydrogen-bond donors (Lipinski definition) is 1. The maximum atomic E-state index is 13.0. The van der Waals surface area contributed by atoms with E-state index in [4.69, 9.17) is 21.1 Å². The van der Waals surface area contributed by atoms with Gasteiger partial charge in [-0.25, -0.2) is 10.4 Å². The number of fused-ring (bicyclic) bond motifs is 2. The molecule has 5 rings (SSSR count). The normalized spacial score (nSPS) is 12.4. The minimum absolute atomic E-state index is 0.204. The third-order valence-electron chi connectivity index (χ3n) is 4.89. The summed E-state index contributed by atoms with van der Waals surface area (Å²) in [6.45, 7) is 0.204. The van der Waals surface area contributed by atoms with Gasteiger partial charge in [0.1, 0.15) is 0 Å². The second-order valence-corrected chi connectivity index (χ2v) is 7.27. The van der Waals surface area contributed by atoms with Gasteiger partial charge in [0.25, 0.3) is 5.91 Å². The van der Waals surface area contributed by atoms with Gasteiger partial charge < -0.3 is 9.47 Å². The lowest BCUT2D eigenvalue weighted by Crippen LogP contribution is -2.18. The number of carbonyl (C=O) groups is 1. The van der Waals surface area contributed by atoms with E-state index < -0.39 is 0 Å². The summed E-state index contributed by atoms with van der Waals surface area (Å²) in [6.07, 6.45) is 1.55. The van der Waals surface area contributed by atoms with Crippen LogP contribution in [0.4, 0.5) is 0 Å². The number of rotatable bonds is 4. The van der Waals surface area contributed by atoms with Crippen molar-refractivity contribution in [3.05, 3.63) is 88.9 Å². The first-order valence-electron chi connectivity index (χ1n) is 9.57. The minimum atomic E-state index is -0.344. The van der Waals surface area contributed by atoms with Crippen molar-refractivity contribution in [3.8, 4) is 22.8 Å². The van der Waals surface area contributed by atoms with Crippen molar-refractivity contribution >= 4 is 34.6 Å². The Balaban J connectivity index is 1.46. The molecule has 0 unspecified atom stereocenters. The zero-order valence-electron chi connectivity index (χ0n) is 16.2. The second-order valence-electron chi connectivity index (χ2n) is 6.86. The molecular formula is C24H16ClN3O3. The van der Waals surface area contributed by atoms with Crippen LogP contribution in [-0.4, -0.2) is 23.9 Å². The number of pyridine rings is 1. The average Bonchev–Trinajstić information content (AvgIpc) is 3.26. The summed E-state index contributed by atoms with van der Waals surface area (Å²) in [7, 11) is 0. The summed E-state index contributed by atoms with van der Waals surface area (Å²) < 4.78 is 10.7. The molecule has 7 heteroatoms. The van der Waals surface area contributed by atoms with Crippen molar-refractivity contribution in [2.24, 2.45) is 5.10 Å². The van der Waals surface area contributed by atoms with Gasteiger partial charge in [-0.1, -0.05) is 48.0 Å². The van der Waals surface area contributed by atoms with E-state index in [2.05, 4.69) is 15.5 Å². The first-order valence-corrected chi connectivity index (χ1v) is 9.94. The number of para-hydroxylation sites is 1. The van der Waals surface area contributed by atoms with E-state index in [1.807, 2.05) is 48.5 Å². The van der Waals surface area contributed by atoms with Crippen molar-refractivity contribution < 1.29 is 14.3 Å². The monoisotopic (exact) mass is 429 g/mol. The fourth-order valence-corrected chi connectivity index (χ4v) is 3.62. The second kappa shape index (κ2) is 8.08. The SMILES string of the molecule is O=C(N/N=C\c1ccc2c(c1)OCO2)c1cc(-c2ccccc2Cl)nc2ccccc12. The Kier molecular flexibility index (Phi) is 4.98. The van der Waals surface area contributed by atoms with Crippen LogP contribution in [0.1, 0.15) is 15.9 Å². The number of ether oxygens (including phenoxy) is 2. The summed E-state index contributed by atoms with van der Waals surface area (Å²) in [5.41, 5.74) is 5.91. The van der Waals surface area contributed by atoms with E-state index in [0.717, 1.165) is 16.5 Å². The number of hydrazone groups is 1. The molecule has 0 fully saturated rings. The molecule has 0 atom stereocenters. The number of halogens is 1. The van der Waals surface area contributed by atoms with Crippen LogP contribution in [0, 0.1) is 0 Å². The highest BCUT2D eigenvalue weighted by molar-refractivity contribution is 6.33. The van der Waals surface area contributed by atoms with Crippen LogP contribution in [0.5, 0.6) is 11.5 Å². The number of amides is 1. The van der Waals surface area contributed by atoms with Crippen molar-refractivity contribution in [3.63, 3.8) is 0 Å². The summed E-state index contributed by atoms with van der Waals surface area (Å²) in [6, 6.07) is 22.0. The lowest BCUT2D eigenvalue weighted by molar-refractivity contribution is 0.0956. The molecule has 1 aromatic heterocycles. The topological polar surface area (TPSA) is 72.8 Å². The van der Waals surface area contributed by atoms with Gasteiger partial charge in [0.05, 0.1) is 23.0 Å². The number of aromatic nitrogens is 1. The molecular weight excluding hydrogens is 414 g/mol. The molecule has 31 heavy (non-hydrogen) atoms. The number of nitrogens with zero attached hydrogens (tertiary/aromatic N) is 2. The van der Waals surface area contributed by atoms with E-state index >= 15 is 0 Å². The Morgan fingerprint density at radius 2 is 1.81 bits per heavy atom. The van der Waals surface area contributed by atoms with Crippen LogP contribution < -0.4 is 14.9 Å². The van der Waals surface area contributed by atoms with Crippen molar-refractivity contribution in [2.45, 2.75) is 0 Å². The maximum absolute atomic E-state index is 13.0. The fourth-order valence-electron chi connectivity index (χ4n) is 3.39. The van der Waals surface area contributed by atoms with Gasteiger partial charge in [0.15, 0.2) is 11.5 Å². The molecule has 0 bridgehead atoms. The van der Waals surface area contributed by atoms with Crippen molar-refractivity contribution in [1.29, 1.82) is 0 Å². The van der Waals surface area contributed by atoms with Crippen LogP contribution in [0.3, 0.4) is 0 Å². The van der Waals surface area contributed by atoms with Gasteiger partial charge in [-0.15, -0.1) is 0 Å². The summed E-state index contributed by atoms with van der Waals surface area (Å²) in [5.74, 6) is 1.00. The van der Waals surface area contributed by atoms with E-state index in [9.17, 15) is 4.79 Å². The predicted molar refractivity (Wildman–Crippen MR) is 120 cm³/mol. The molecule has 0 radical (unpaired) electrons.